The van der Waals surface area contributed by atoms with Crippen LogP contribution in [-0.2, 0) is 10.0 Å². The Morgan fingerprint density at radius 3 is 1.74 bits per heavy atom. The second-order valence-electron chi connectivity index (χ2n) is 4.93. The molecular formula is C14H28N2O2S. The number of nitrogens with zero attached hydrogens (tertiary/aromatic N) is 2. The van der Waals surface area contributed by atoms with Gasteiger partial charge in [-0.25, -0.2) is 12.7 Å². The third-order valence-electron chi connectivity index (χ3n) is 3.16. The number of sulfonamides is 1. The van der Waals surface area contributed by atoms with Gasteiger partial charge in [-0.2, -0.15) is 5.26 Å². The molecule has 0 saturated heterocycles. The summed E-state index contributed by atoms with van der Waals surface area (Å²) in [6, 6.07) is 1.76. The topological polar surface area (TPSA) is 61.2 Å². The smallest absolute Gasteiger partial charge is 0.211 e. The molecule has 0 aromatic heterocycles. The van der Waals surface area contributed by atoms with Gasteiger partial charge in [0.15, 0.2) is 5.75 Å². The average Bonchev–Trinajstić information content (AvgIpc) is 2.36. The Bertz CT molecular complexity index is 335. The predicted molar refractivity (Wildman–Crippen MR) is 79.3 cm³/mol. The first-order valence-electron chi connectivity index (χ1n) is 7.43. The summed E-state index contributed by atoms with van der Waals surface area (Å²) < 4.78 is 25.4. The molecule has 0 heterocycles. The molecule has 19 heavy (non-hydrogen) atoms. The first-order chi connectivity index (χ1) is 9.08. The second-order valence-corrected chi connectivity index (χ2v) is 6.90. The zero-order valence-electron chi connectivity index (χ0n) is 12.4. The van der Waals surface area contributed by atoms with E-state index in [0.717, 1.165) is 51.4 Å². The average molecular weight is 288 g/mol. The first kappa shape index (κ1) is 18.4. The fraction of sp³-hybridized carbons (Fsp3) is 0.929. The first-order valence-corrected chi connectivity index (χ1v) is 9.04. The van der Waals surface area contributed by atoms with E-state index in [1.54, 1.807) is 6.07 Å². The molecule has 0 saturated carbocycles. The van der Waals surface area contributed by atoms with Crippen molar-refractivity contribution in [3.8, 4) is 6.07 Å². The molecule has 112 valence electrons. The highest BCUT2D eigenvalue weighted by Gasteiger charge is 2.20. The van der Waals surface area contributed by atoms with E-state index in [4.69, 9.17) is 5.26 Å². The van der Waals surface area contributed by atoms with Gasteiger partial charge in [-0.05, 0) is 12.8 Å². The van der Waals surface area contributed by atoms with E-state index in [0.29, 0.717) is 13.1 Å². The molecule has 5 heteroatoms. The maximum absolute atomic E-state index is 12.0. The number of hydrogen-bond donors (Lipinski definition) is 0. The Labute approximate surface area is 118 Å². The summed E-state index contributed by atoms with van der Waals surface area (Å²) in [7, 11) is -3.37. The lowest BCUT2D eigenvalue weighted by Gasteiger charge is -2.20. The summed E-state index contributed by atoms with van der Waals surface area (Å²) in [5.74, 6) is -0.394. The molecule has 0 aliphatic rings. The van der Waals surface area contributed by atoms with Gasteiger partial charge >= 0.3 is 0 Å². The molecule has 0 unspecified atom stereocenters. The van der Waals surface area contributed by atoms with Crippen molar-refractivity contribution in [2.75, 3.05) is 18.8 Å². The number of nitriles is 1. The van der Waals surface area contributed by atoms with E-state index >= 15 is 0 Å². The van der Waals surface area contributed by atoms with Crippen LogP contribution < -0.4 is 0 Å². The van der Waals surface area contributed by atoms with Gasteiger partial charge in [0.25, 0.3) is 0 Å². The lowest BCUT2D eigenvalue weighted by Crippen LogP contribution is -2.34. The minimum absolute atomic E-state index is 0.394. The van der Waals surface area contributed by atoms with Crippen LogP contribution in [0.2, 0.25) is 0 Å². The lowest BCUT2D eigenvalue weighted by molar-refractivity contribution is 0.387. The molecule has 0 spiro atoms. The van der Waals surface area contributed by atoms with Gasteiger partial charge in [0.1, 0.15) is 0 Å². The highest BCUT2D eigenvalue weighted by Crippen LogP contribution is 2.09. The SMILES string of the molecule is CCCCCCN(CCCCCC)S(=O)(=O)CC#N. The van der Waals surface area contributed by atoms with Crippen LogP contribution in [0.5, 0.6) is 0 Å². The maximum Gasteiger partial charge on any atom is 0.227 e. The highest BCUT2D eigenvalue weighted by atomic mass is 32.2. The minimum Gasteiger partial charge on any atom is -0.211 e. The van der Waals surface area contributed by atoms with Crippen LogP contribution in [0.25, 0.3) is 0 Å². The molecule has 0 radical (unpaired) electrons. The molecule has 0 fully saturated rings. The molecule has 0 aromatic rings. The van der Waals surface area contributed by atoms with E-state index in [1.807, 2.05) is 0 Å². The molecule has 4 nitrogen and oxygen atoms in total. The number of rotatable bonds is 12. The fourth-order valence-electron chi connectivity index (χ4n) is 1.99. The molecule has 0 rings (SSSR count). The third kappa shape index (κ3) is 9.01. The lowest BCUT2D eigenvalue weighted by atomic mass is 10.2. The Morgan fingerprint density at radius 2 is 1.37 bits per heavy atom. The van der Waals surface area contributed by atoms with Gasteiger partial charge in [-0.1, -0.05) is 52.4 Å². The van der Waals surface area contributed by atoms with Crippen LogP contribution in [-0.4, -0.2) is 31.6 Å². The van der Waals surface area contributed by atoms with Crippen LogP contribution in [0, 0.1) is 11.3 Å². The van der Waals surface area contributed by atoms with Crippen molar-refractivity contribution in [1.82, 2.24) is 4.31 Å². The zero-order valence-corrected chi connectivity index (χ0v) is 13.2. The quantitative estimate of drug-likeness (QED) is 0.518. The summed E-state index contributed by atoms with van der Waals surface area (Å²) >= 11 is 0. The Kier molecular flexibility index (Phi) is 10.9. The highest BCUT2D eigenvalue weighted by molar-refractivity contribution is 7.89. The van der Waals surface area contributed by atoms with Crippen LogP contribution >= 0.6 is 0 Å². The van der Waals surface area contributed by atoms with Crippen LogP contribution in [0.3, 0.4) is 0 Å². The Hall–Kier alpha value is -0.600. The third-order valence-corrected chi connectivity index (χ3v) is 4.81. The molecule has 0 atom stereocenters. The van der Waals surface area contributed by atoms with E-state index in [1.165, 1.54) is 4.31 Å². The van der Waals surface area contributed by atoms with Gasteiger partial charge in [0.2, 0.25) is 10.0 Å². The van der Waals surface area contributed by atoms with Gasteiger partial charge in [0.05, 0.1) is 6.07 Å². The maximum atomic E-state index is 12.0. The monoisotopic (exact) mass is 288 g/mol. The molecule has 0 N–H and O–H groups in total. The minimum atomic E-state index is -3.37. The van der Waals surface area contributed by atoms with Crippen LogP contribution in [0.4, 0.5) is 0 Å². The second kappa shape index (κ2) is 11.2. The zero-order chi connectivity index (χ0) is 14.6. The fourth-order valence-corrected chi connectivity index (χ4v) is 3.15. The van der Waals surface area contributed by atoms with E-state index < -0.39 is 15.8 Å². The Morgan fingerprint density at radius 1 is 0.895 bits per heavy atom. The van der Waals surface area contributed by atoms with Crippen molar-refractivity contribution in [2.45, 2.75) is 65.2 Å². The molecular weight excluding hydrogens is 260 g/mol. The Balaban J connectivity index is 4.26. The summed E-state index contributed by atoms with van der Waals surface area (Å²) in [6.07, 6.45) is 8.47. The van der Waals surface area contributed by atoms with Gasteiger partial charge < -0.3 is 0 Å². The summed E-state index contributed by atoms with van der Waals surface area (Å²) in [5, 5.41) is 8.61. The van der Waals surface area contributed by atoms with Crippen LogP contribution in [0.15, 0.2) is 0 Å². The number of unbranched alkanes of at least 4 members (excludes halogenated alkanes) is 6. The largest absolute Gasteiger partial charge is 0.227 e. The van der Waals surface area contributed by atoms with Gasteiger partial charge in [-0.3, -0.25) is 0 Å². The van der Waals surface area contributed by atoms with Gasteiger partial charge in [-0.15, -0.1) is 0 Å². The van der Waals surface area contributed by atoms with Crippen LogP contribution in [0.1, 0.15) is 65.2 Å². The van der Waals surface area contributed by atoms with Crippen molar-refractivity contribution >= 4 is 10.0 Å². The molecule has 0 aliphatic carbocycles. The number of hydrogen-bond acceptors (Lipinski definition) is 3. The van der Waals surface area contributed by atoms with E-state index in [-0.39, 0.29) is 0 Å². The standard InChI is InChI=1S/C14H28N2O2S/c1-3-5-7-9-12-16(13-10-8-6-4-2)19(17,18)14-11-15/h3-10,12-14H2,1-2H3. The van der Waals surface area contributed by atoms with Crippen molar-refractivity contribution in [2.24, 2.45) is 0 Å². The van der Waals surface area contributed by atoms with Crippen molar-refractivity contribution in [3.05, 3.63) is 0 Å². The normalized spacial score (nSPS) is 11.7. The van der Waals surface area contributed by atoms with E-state index in [2.05, 4.69) is 13.8 Å². The molecule has 0 bridgehead atoms. The van der Waals surface area contributed by atoms with Crippen molar-refractivity contribution in [1.29, 1.82) is 5.26 Å². The molecule has 0 aromatic carbocycles. The van der Waals surface area contributed by atoms with Crippen molar-refractivity contribution in [3.63, 3.8) is 0 Å². The summed E-state index contributed by atoms with van der Waals surface area (Å²) in [4.78, 5) is 0. The van der Waals surface area contributed by atoms with E-state index in [9.17, 15) is 8.42 Å². The van der Waals surface area contributed by atoms with Crippen molar-refractivity contribution < 1.29 is 8.42 Å². The summed E-state index contributed by atoms with van der Waals surface area (Å²) in [5.41, 5.74) is 0. The molecule has 0 amide bonds. The molecule has 0 aliphatic heterocycles. The van der Waals surface area contributed by atoms with Gasteiger partial charge in [0, 0.05) is 13.1 Å². The predicted octanol–water partition coefficient (Wildman–Crippen LogP) is 3.30. The summed E-state index contributed by atoms with van der Waals surface area (Å²) in [6.45, 7) is 5.40.